The number of unbranched alkanes of at least 4 members (excludes halogenated alkanes) is 1. The van der Waals surface area contributed by atoms with Gasteiger partial charge >= 0.3 is 15.4 Å². The molecule has 0 saturated carbocycles. The van der Waals surface area contributed by atoms with Gasteiger partial charge in [-0.2, -0.15) is 0 Å². The van der Waals surface area contributed by atoms with Crippen LogP contribution in [-0.2, 0) is 9.13 Å². The second-order valence-corrected chi connectivity index (χ2v) is 11.0. The van der Waals surface area contributed by atoms with Crippen molar-refractivity contribution >= 4 is 15.4 Å². The van der Waals surface area contributed by atoms with Crippen LogP contribution in [0.4, 0.5) is 0 Å². The van der Waals surface area contributed by atoms with Crippen LogP contribution in [0.1, 0.15) is 72.6 Å². The van der Waals surface area contributed by atoms with Gasteiger partial charge in [-0.25, -0.2) is 0 Å². The molecule has 0 amide bonds. The van der Waals surface area contributed by atoms with E-state index < -0.39 is 27.1 Å². The monoisotopic (exact) mass is 405 g/mol. The van der Waals surface area contributed by atoms with Crippen LogP contribution in [0.5, 0.6) is 0 Å². The lowest BCUT2D eigenvalue weighted by atomic mass is 10.1. The Morgan fingerprint density at radius 3 is 1.92 bits per heavy atom. The second-order valence-electron chi connectivity index (χ2n) is 7.02. The molecular formula is C19H35O5P2+. The minimum absolute atomic E-state index is 0.160. The first-order valence-electron chi connectivity index (χ1n) is 9.12. The van der Waals surface area contributed by atoms with Gasteiger partial charge in [0, 0.05) is 6.42 Å². The molecule has 0 aliphatic carbocycles. The summed E-state index contributed by atoms with van der Waals surface area (Å²) >= 11 is 0. The molecule has 0 rings (SSSR count). The van der Waals surface area contributed by atoms with Crippen LogP contribution in [0.2, 0.25) is 0 Å². The average Bonchev–Trinajstić information content (AvgIpc) is 2.52. The first-order valence-corrected chi connectivity index (χ1v) is 12.3. The highest BCUT2D eigenvalue weighted by Crippen LogP contribution is 2.55. The first-order chi connectivity index (χ1) is 12.1. The molecule has 0 spiro atoms. The minimum atomic E-state index is -4.43. The van der Waals surface area contributed by atoms with Gasteiger partial charge < -0.3 is 14.9 Å². The third kappa shape index (κ3) is 12.7. The van der Waals surface area contributed by atoms with Crippen molar-refractivity contribution in [2.75, 3.05) is 6.35 Å². The summed E-state index contributed by atoms with van der Waals surface area (Å²) in [5.41, 5.74) is 3.99. The van der Waals surface area contributed by atoms with Crippen LogP contribution in [0.15, 0.2) is 34.9 Å². The SMILES string of the molecule is CC(C)=CCCC(C)=CCCC(C)=CCCCC([P+](=O)CO)P(=O)(O)O. The summed E-state index contributed by atoms with van der Waals surface area (Å²) in [5.74, 6) is 0. The van der Waals surface area contributed by atoms with Gasteiger partial charge in [0.05, 0.1) is 0 Å². The number of rotatable bonds is 13. The van der Waals surface area contributed by atoms with Crippen LogP contribution in [0, 0.1) is 0 Å². The first kappa shape index (κ1) is 25.4. The zero-order valence-corrected chi connectivity index (χ0v) is 18.3. The van der Waals surface area contributed by atoms with Crippen molar-refractivity contribution in [2.45, 2.75) is 78.0 Å². The van der Waals surface area contributed by atoms with Gasteiger partial charge in [0.15, 0.2) is 0 Å². The summed E-state index contributed by atoms with van der Waals surface area (Å²) in [5, 5.41) is 7.65. The van der Waals surface area contributed by atoms with E-state index in [4.69, 9.17) is 5.11 Å². The molecule has 0 aromatic rings. The smallest absolute Gasteiger partial charge is 0.353 e. The summed E-state index contributed by atoms with van der Waals surface area (Å²) in [6.07, 6.45) is 11.4. The largest absolute Gasteiger partial charge is 0.382 e. The molecule has 0 heterocycles. The number of allylic oxidation sites excluding steroid dienone is 6. The lowest BCUT2D eigenvalue weighted by molar-refractivity contribution is 0.350. The summed E-state index contributed by atoms with van der Waals surface area (Å²) in [6.45, 7) is 8.43. The molecule has 0 aromatic heterocycles. The molecule has 2 unspecified atom stereocenters. The molecule has 7 heteroatoms. The van der Waals surface area contributed by atoms with Crippen molar-refractivity contribution in [3.05, 3.63) is 34.9 Å². The summed E-state index contributed by atoms with van der Waals surface area (Å²) in [6, 6.07) is 0. The fraction of sp³-hybridized carbons (Fsp3) is 0.684. The summed E-state index contributed by atoms with van der Waals surface area (Å²) in [7, 11) is -6.71. The molecular weight excluding hydrogens is 370 g/mol. The van der Waals surface area contributed by atoms with Crippen LogP contribution >= 0.6 is 15.4 Å². The highest BCUT2D eigenvalue weighted by molar-refractivity contribution is 7.67. The fourth-order valence-corrected chi connectivity index (χ4v) is 5.30. The molecule has 0 saturated heterocycles. The van der Waals surface area contributed by atoms with Gasteiger partial charge in [-0.3, -0.25) is 4.57 Å². The van der Waals surface area contributed by atoms with E-state index in [-0.39, 0.29) is 6.42 Å². The highest BCUT2D eigenvalue weighted by Gasteiger charge is 2.43. The molecule has 0 aromatic carbocycles. The molecule has 0 radical (unpaired) electrons. The lowest BCUT2D eigenvalue weighted by Crippen LogP contribution is -2.05. The van der Waals surface area contributed by atoms with E-state index in [0.29, 0.717) is 12.8 Å². The van der Waals surface area contributed by atoms with E-state index in [1.807, 2.05) is 0 Å². The molecule has 0 aliphatic rings. The third-order valence-electron chi connectivity index (χ3n) is 4.14. The molecule has 5 nitrogen and oxygen atoms in total. The maximum Gasteiger partial charge on any atom is 0.382 e. The van der Waals surface area contributed by atoms with E-state index in [9.17, 15) is 18.9 Å². The predicted molar refractivity (Wildman–Crippen MR) is 110 cm³/mol. The number of hydrogen-bond acceptors (Lipinski definition) is 3. The van der Waals surface area contributed by atoms with Crippen molar-refractivity contribution < 1.29 is 24.0 Å². The Kier molecular flexibility index (Phi) is 13.3. The van der Waals surface area contributed by atoms with Crippen molar-refractivity contribution in [2.24, 2.45) is 0 Å². The van der Waals surface area contributed by atoms with Gasteiger partial charge in [-0.15, -0.1) is 0 Å². The molecule has 150 valence electrons. The molecule has 0 fully saturated rings. The minimum Gasteiger partial charge on any atom is -0.353 e. The highest BCUT2D eigenvalue weighted by atomic mass is 31.2. The molecule has 3 N–H and O–H groups in total. The average molecular weight is 405 g/mol. The van der Waals surface area contributed by atoms with Crippen LogP contribution in [0.3, 0.4) is 0 Å². The Bertz CT molecular complexity index is 568. The fourth-order valence-electron chi connectivity index (χ4n) is 2.56. The number of aliphatic hydroxyl groups is 1. The van der Waals surface area contributed by atoms with E-state index in [2.05, 4.69) is 45.9 Å². The van der Waals surface area contributed by atoms with E-state index >= 15 is 0 Å². The third-order valence-corrected chi connectivity index (χ3v) is 8.05. The Labute approximate surface area is 159 Å². The zero-order valence-electron chi connectivity index (χ0n) is 16.5. The van der Waals surface area contributed by atoms with Gasteiger partial charge in [0.25, 0.3) is 5.40 Å². The zero-order chi connectivity index (χ0) is 20.2. The molecule has 26 heavy (non-hydrogen) atoms. The van der Waals surface area contributed by atoms with Crippen LogP contribution in [-0.4, -0.2) is 26.6 Å². The van der Waals surface area contributed by atoms with Crippen molar-refractivity contribution in [1.82, 2.24) is 0 Å². The maximum atomic E-state index is 11.6. The standard InChI is InChI=1S/C19H34O5P2/c1-16(2)9-7-11-18(4)13-8-12-17(3)10-5-6-14-19(25(21)15-20)26(22,23)24/h9-10,13,19-20H,5-8,11-12,14-15H2,1-4H3,(H-,22,23,24)/p+1. The molecule has 0 aliphatic heterocycles. The quantitative estimate of drug-likeness (QED) is 0.203. The molecule has 0 bridgehead atoms. The Morgan fingerprint density at radius 1 is 0.962 bits per heavy atom. The van der Waals surface area contributed by atoms with E-state index in [1.165, 1.54) is 16.7 Å². The van der Waals surface area contributed by atoms with Crippen molar-refractivity contribution in [3.8, 4) is 0 Å². The summed E-state index contributed by atoms with van der Waals surface area (Å²) in [4.78, 5) is 18.5. The van der Waals surface area contributed by atoms with E-state index in [0.717, 1.165) is 25.7 Å². The normalized spacial score (nSPS) is 15.0. The van der Waals surface area contributed by atoms with Gasteiger partial charge in [-0.1, -0.05) is 39.5 Å². The topological polar surface area (TPSA) is 94.8 Å². The number of hydrogen-bond donors (Lipinski definition) is 3. The second kappa shape index (κ2) is 13.6. The van der Waals surface area contributed by atoms with Crippen molar-refractivity contribution in [1.29, 1.82) is 0 Å². The predicted octanol–water partition coefficient (Wildman–Crippen LogP) is 5.86. The number of aliphatic hydroxyl groups excluding tert-OH is 1. The molecule has 2 atom stereocenters. The summed E-state index contributed by atoms with van der Waals surface area (Å²) < 4.78 is 22.9. The Balaban J connectivity index is 4.23. The van der Waals surface area contributed by atoms with E-state index in [1.54, 1.807) is 0 Å². The lowest BCUT2D eigenvalue weighted by Gasteiger charge is -2.08. The maximum absolute atomic E-state index is 11.6. The van der Waals surface area contributed by atoms with Gasteiger partial charge in [0.2, 0.25) is 6.35 Å². The van der Waals surface area contributed by atoms with Crippen molar-refractivity contribution in [3.63, 3.8) is 0 Å². The van der Waals surface area contributed by atoms with Crippen LogP contribution < -0.4 is 0 Å². The van der Waals surface area contributed by atoms with Crippen LogP contribution in [0.25, 0.3) is 0 Å². The Morgan fingerprint density at radius 2 is 1.46 bits per heavy atom. The Hall–Kier alpha value is -0.570. The van der Waals surface area contributed by atoms with Gasteiger partial charge in [-0.05, 0) is 66.2 Å². The van der Waals surface area contributed by atoms with Gasteiger partial charge in [0.1, 0.15) is 0 Å².